The normalized spacial score (nSPS) is 12.5. The molecular formula is C24H35N3O3. The zero-order valence-electron chi connectivity index (χ0n) is 18.4. The molecule has 2 rings (SSSR count). The number of benzene rings is 2. The first-order valence-corrected chi connectivity index (χ1v) is 10.6. The van der Waals surface area contributed by atoms with Crippen molar-refractivity contribution in [3.8, 4) is 5.75 Å². The van der Waals surface area contributed by atoms with Crippen molar-refractivity contribution in [3.63, 3.8) is 0 Å². The summed E-state index contributed by atoms with van der Waals surface area (Å²) in [5.41, 5.74) is 3.29. The maximum atomic E-state index is 10.3. The van der Waals surface area contributed by atoms with Crippen molar-refractivity contribution >= 4 is 5.96 Å². The topological polar surface area (TPSA) is 75.1 Å². The third-order valence-electron chi connectivity index (χ3n) is 4.54. The van der Waals surface area contributed by atoms with E-state index in [-0.39, 0.29) is 0 Å². The van der Waals surface area contributed by atoms with Crippen LogP contribution < -0.4 is 15.4 Å². The van der Waals surface area contributed by atoms with Crippen molar-refractivity contribution in [1.29, 1.82) is 0 Å². The fourth-order valence-electron chi connectivity index (χ4n) is 2.99. The Bertz CT molecular complexity index is 766. The van der Waals surface area contributed by atoms with E-state index >= 15 is 0 Å². The highest BCUT2D eigenvalue weighted by molar-refractivity contribution is 5.79. The van der Waals surface area contributed by atoms with Gasteiger partial charge in [0.05, 0.1) is 19.3 Å². The summed E-state index contributed by atoms with van der Waals surface area (Å²) in [7, 11) is 1.69. The molecule has 1 atom stereocenters. The summed E-state index contributed by atoms with van der Waals surface area (Å²) in [6.07, 6.45) is 0.955. The van der Waals surface area contributed by atoms with Gasteiger partial charge in [-0.05, 0) is 31.0 Å². The first kappa shape index (κ1) is 23.7. The summed E-state index contributed by atoms with van der Waals surface area (Å²) in [5.74, 6) is 1.53. The molecule has 0 spiro atoms. The molecule has 0 aliphatic carbocycles. The van der Waals surface area contributed by atoms with Crippen LogP contribution in [-0.4, -0.2) is 50.6 Å². The molecule has 6 heteroatoms. The summed E-state index contributed by atoms with van der Waals surface area (Å²) in [4.78, 5) is 4.68. The molecule has 0 heterocycles. The zero-order chi connectivity index (χ0) is 21.6. The van der Waals surface area contributed by atoms with Crippen molar-refractivity contribution in [2.75, 3.05) is 33.4 Å². The minimum atomic E-state index is -0.490. The average molecular weight is 414 g/mol. The minimum absolute atomic E-state index is 0.426. The van der Waals surface area contributed by atoms with Crippen LogP contribution >= 0.6 is 0 Å². The van der Waals surface area contributed by atoms with Crippen LogP contribution in [0.5, 0.6) is 5.75 Å². The van der Waals surface area contributed by atoms with E-state index in [2.05, 4.69) is 34.7 Å². The molecule has 0 radical (unpaired) electrons. The van der Waals surface area contributed by atoms with E-state index in [1.54, 1.807) is 7.11 Å². The standard InChI is InChI=1S/C24H35N3O3/c1-4-25-24(27-18-22(28)16-20-9-6-5-7-10-20)26-17-21-12-11-19(2)15-23(21)30-14-8-13-29-3/h5-7,9-12,15,22,28H,4,8,13-14,16-18H2,1-3H3,(H2,25,26,27). The fraction of sp³-hybridized carbons (Fsp3) is 0.458. The van der Waals surface area contributed by atoms with Crippen LogP contribution in [0.3, 0.4) is 0 Å². The number of nitrogens with one attached hydrogen (secondary N) is 2. The van der Waals surface area contributed by atoms with Gasteiger partial charge in [0.1, 0.15) is 5.75 Å². The van der Waals surface area contributed by atoms with Crippen LogP contribution in [0.4, 0.5) is 0 Å². The maximum absolute atomic E-state index is 10.3. The second-order valence-corrected chi connectivity index (χ2v) is 7.23. The lowest BCUT2D eigenvalue weighted by Crippen LogP contribution is -2.41. The molecule has 3 N–H and O–H groups in total. The fourth-order valence-corrected chi connectivity index (χ4v) is 2.99. The number of hydrogen-bond donors (Lipinski definition) is 3. The van der Waals surface area contributed by atoms with Gasteiger partial charge >= 0.3 is 0 Å². The molecule has 1 unspecified atom stereocenters. The molecule has 0 bridgehead atoms. The van der Waals surface area contributed by atoms with Gasteiger partial charge < -0.3 is 25.2 Å². The van der Waals surface area contributed by atoms with Crippen molar-refractivity contribution in [2.24, 2.45) is 4.99 Å². The van der Waals surface area contributed by atoms with E-state index < -0.39 is 6.10 Å². The number of methoxy groups -OCH3 is 1. The van der Waals surface area contributed by atoms with Crippen molar-refractivity contribution < 1.29 is 14.6 Å². The Hall–Kier alpha value is -2.57. The highest BCUT2D eigenvalue weighted by Gasteiger charge is 2.08. The molecule has 164 valence electrons. The van der Waals surface area contributed by atoms with E-state index in [1.165, 1.54) is 0 Å². The molecule has 0 aliphatic rings. The van der Waals surface area contributed by atoms with E-state index in [0.717, 1.165) is 35.4 Å². The number of hydrogen-bond acceptors (Lipinski definition) is 4. The van der Waals surface area contributed by atoms with Crippen LogP contribution in [0.2, 0.25) is 0 Å². The third kappa shape index (κ3) is 8.84. The number of aliphatic imine (C=N–C) groups is 1. The molecule has 0 amide bonds. The number of ether oxygens (including phenoxy) is 2. The van der Waals surface area contributed by atoms with E-state index in [4.69, 9.17) is 9.47 Å². The second kappa shape index (κ2) is 13.6. The van der Waals surface area contributed by atoms with Crippen LogP contribution in [0, 0.1) is 6.92 Å². The zero-order valence-corrected chi connectivity index (χ0v) is 18.4. The molecule has 0 saturated carbocycles. The van der Waals surface area contributed by atoms with Gasteiger partial charge in [-0.25, -0.2) is 4.99 Å². The van der Waals surface area contributed by atoms with Gasteiger partial charge in [0.15, 0.2) is 5.96 Å². The molecule has 2 aromatic carbocycles. The van der Waals surface area contributed by atoms with Crippen molar-refractivity contribution in [1.82, 2.24) is 10.6 Å². The van der Waals surface area contributed by atoms with Gasteiger partial charge in [0.25, 0.3) is 0 Å². The molecule has 6 nitrogen and oxygen atoms in total. The number of guanidine groups is 1. The average Bonchev–Trinajstić information content (AvgIpc) is 2.75. The number of aliphatic hydroxyl groups is 1. The molecule has 2 aromatic rings. The Labute approximate surface area is 180 Å². The smallest absolute Gasteiger partial charge is 0.191 e. The number of aliphatic hydroxyl groups excluding tert-OH is 1. The summed E-state index contributed by atoms with van der Waals surface area (Å²) in [6, 6.07) is 16.2. The maximum Gasteiger partial charge on any atom is 0.191 e. The Morgan fingerprint density at radius 3 is 2.63 bits per heavy atom. The van der Waals surface area contributed by atoms with E-state index in [9.17, 15) is 5.11 Å². The lowest BCUT2D eigenvalue weighted by atomic mass is 10.1. The molecule has 0 fully saturated rings. The number of rotatable bonds is 12. The quantitative estimate of drug-likeness (QED) is 0.283. The Balaban J connectivity index is 1.94. The van der Waals surface area contributed by atoms with Gasteiger partial charge in [-0.3, -0.25) is 0 Å². The van der Waals surface area contributed by atoms with E-state index in [1.807, 2.05) is 43.3 Å². The molecule has 0 aliphatic heterocycles. The lowest BCUT2D eigenvalue weighted by molar-refractivity contribution is 0.172. The van der Waals surface area contributed by atoms with Crippen LogP contribution in [0.1, 0.15) is 30.0 Å². The Kier molecular flexibility index (Phi) is 10.8. The molecule has 0 saturated heterocycles. The van der Waals surface area contributed by atoms with Gasteiger partial charge in [-0.2, -0.15) is 0 Å². The molecule has 30 heavy (non-hydrogen) atoms. The van der Waals surface area contributed by atoms with Crippen LogP contribution in [-0.2, 0) is 17.7 Å². The minimum Gasteiger partial charge on any atom is -0.493 e. The lowest BCUT2D eigenvalue weighted by Gasteiger charge is -2.16. The van der Waals surface area contributed by atoms with E-state index in [0.29, 0.717) is 38.7 Å². The second-order valence-electron chi connectivity index (χ2n) is 7.23. The summed E-state index contributed by atoms with van der Waals surface area (Å²) < 4.78 is 11.0. The molecular weight excluding hydrogens is 378 g/mol. The highest BCUT2D eigenvalue weighted by atomic mass is 16.5. The highest BCUT2D eigenvalue weighted by Crippen LogP contribution is 2.21. The summed E-state index contributed by atoms with van der Waals surface area (Å²) in [6.45, 7) is 7.02. The van der Waals surface area contributed by atoms with Crippen molar-refractivity contribution in [2.45, 2.75) is 39.3 Å². The molecule has 0 aromatic heterocycles. The predicted molar refractivity (Wildman–Crippen MR) is 122 cm³/mol. The summed E-state index contributed by atoms with van der Waals surface area (Å²) >= 11 is 0. The SMILES string of the molecule is CCNC(=NCc1ccc(C)cc1OCCCOC)NCC(O)Cc1ccccc1. The van der Waals surface area contributed by atoms with Crippen LogP contribution in [0.15, 0.2) is 53.5 Å². The summed E-state index contributed by atoms with van der Waals surface area (Å²) in [5, 5.41) is 16.8. The predicted octanol–water partition coefficient (Wildman–Crippen LogP) is 3.07. The van der Waals surface area contributed by atoms with Gasteiger partial charge in [0.2, 0.25) is 0 Å². The first-order chi connectivity index (χ1) is 14.6. The first-order valence-electron chi connectivity index (χ1n) is 10.6. The monoisotopic (exact) mass is 413 g/mol. The largest absolute Gasteiger partial charge is 0.493 e. The van der Waals surface area contributed by atoms with Crippen molar-refractivity contribution in [3.05, 3.63) is 65.2 Å². The third-order valence-corrected chi connectivity index (χ3v) is 4.54. The van der Waals surface area contributed by atoms with Crippen LogP contribution in [0.25, 0.3) is 0 Å². The number of nitrogens with zero attached hydrogens (tertiary/aromatic N) is 1. The number of aryl methyl sites for hydroxylation is 1. The van der Waals surface area contributed by atoms with Gasteiger partial charge in [0, 0.05) is 45.2 Å². The van der Waals surface area contributed by atoms with Gasteiger partial charge in [-0.1, -0.05) is 42.5 Å². The van der Waals surface area contributed by atoms with Gasteiger partial charge in [-0.15, -0.1) is 0 Å². The Morgan fingerprint density at radius 1 is 1.10 bits per heavy atom. The Morgan fingerprint density at radius 2 is 1.90 bits per heavy atom.